The fourth-order valence-corrected chi connectivity index (χ4v) is 4.01. The number of hydrogen-bond acceptors (Lipinski definition) is 3. The molecule has 3 aliphatic rings. The first-order chi connectivity index (χ1) is 11.5. The van der Waals surface area contributed by atoms with E-state index >= 15 is 0 Å². The third-order valence-electron chi connectivity index (χ3n) is 4.75. The van der Waals surface area contributed by atoms with Crippen molar-refractivity contribution in [2.75, 3.05) is 10.2 Å². The summed E-state index contributed by atoms with van der Waals surface area (Å²) in [6.45, 7) is 0. The molecule has 1 aromatic carbocycles. The second-order valence-corrected chi connectivity index (χ2v) is 7.17. The van der Waals surface area contributed by atoms with Gasteiger partial charge in [-0.1, -0.05) is 11.6 Å². The van der Waals surface area contributed by atoms with Crippen molar-refractivity contribution in [1.82, 2.24) is 0 Å². The Kier molecular flexibility index (Phi) is 3.66. The van der Waals surface area contributed by atoms with E-state index in [1.54, 1.807) is 12.1 Å². The molecule has 1 aliphatic carbocycles. The molecule has 124 valence electrons. The predicted molar refractivity (Wildman–Crippen MR) is 91.4 cm³/mol. The number of rotatable bonds is 1. The van der Waals surface area contributed by atoms with Crippen LogP contribution in [0.4, 0.5) is 11.4 Å². The van der Waals surface area contributed by atoms with Crippen molar-refractivity contribution in [3.63, 3.8) is 0 Å². The summed E-state index contributed by atoms with van der Waals surface area (Å²) in [4.78, 5) is 38.2. The van der Waals surface area contributed by atoms with Gasteiger partial charge in [0.25, 0.3) is 11.8 Å². The normalized spacial score (nSPS) is 23.3. The summed E-state index contributed by atoms with van der Waals surface area (Å²) in [5.74, 6) is -0.892. The smallest absolute Gasteiger partial charge is 0.261 e. The summed E-state index contributed by atoms with van der Waals surface area (Å²) < 4.78 is 0. The molecule has 1 aromatic rings. The Morgan fingerprint density at radius 3 is 2.29 bits per heavy atom. The average molecular weight is 365 g/mol. The van der Waals surface area contributed by atoms with E-state index in [1.165, 1.54) is 0 Å². The van der Waals surface area contributed by atoms with Crippen LogP contribution in [-0.4, -0.2) is 23.1 Å². The first-order valence-corrected chi connectivity index (χ1v) is 8.67. The van der Waals surface area contributed by atoms with Gasteiger partial charge in [-0.2, -0.15) is 0 Å². The number of imide groups is 1. The quantitative estimate of drug-likeness (QED) is 0.614. The molecule has 2 heterocycles. The molecule has 0 saturated heterocycles. The average Bonchev–Trinajstić information content (AvgIpc) is 2.81. The number of halogens is 2. The second-order valence-electron chi connectivity index (χ2n) is 6.23. The van der Waals surface area contributed by atoms with Crippen molar-refractivity contribution in [2.45, 2.75) is 37.5 Å². The number of alkyl halides is 1. The molecular weight excluding hydrogens is 351 g/mol. The molecule has 2 aliphatic heterocycles. The fourth-order valence-electron chi connectivity index (χ4n) is 3.51. The van der Waals surface area contributed by atoms with Gasteiger partial charge in [0.05, 0.1) is 10.7 Å². The van der Waals surface area contributed by atoms with Gasteiger partial charge < -0.3 is 5.32 Å². The van der Waals surface area contributed by atoms with Crippen LogP contribution in [0.1, 0.15) is 31.2 Å². The highest BCUT2D eigenvalue weighted by Gasteiger charge is 2.41. The Labute approximate surface area is 148 Å². The molecule has 0 saturated carbocycles. The number of carbonyl (C=O) groups excluding carboxylic acids is 3. The van der Waals surface area contributed by atoms with E-state index in [1.807, 2.05) is 0 Å². The van der Waals surface area contributed by atoms with Gasteiger partial charge in [-0.05, 0) is 49.8 Å². The maximum Gasteiger partial charge on any atom is 0.261 e. The lowest BCUT2D eigenvalue weighted by atomic mass is 9.93. The molecule has 0 radical (unpaired) electrons. The molecular formula is C17H14Cl2N2O3. The van der Waals surface area contributed by atoms with Crippen LogP contribution in [-0.2, 0) is 20.8 Å². The minimum absolute atomic E-state index is 0.297. The number of nitrogens with zero attached hydrogens (tertiary/aromatic N) is 1. The summed E-state index contributed by atoms with van der Waals surface area (Å²) in [6.07, 6.45) is 3.44. The molecule has 1 atom stereocenters. The van der Waals surface area contributed by atoms with Gasteiger partial charge in [-0.3, -0.25) is 14.4 Å². The number of nitrogens with one attached hydrogen (secondary N) is 1. The van der Waals surface area contributed by atoms with E-state index in [2.05, 4.69) is 5.32 Å². The highest BCUT2D eigenvalue weighted by molar-refractivity contribution is 6.39. The standard InChI is InChI=1S/C17H14Cl2N2O3/c18-11-5-8-6-12(19)15(22)20-13(8)7-14(11)21-16(23)9-3-1-2-4-10(9)17(21)24/h5,7,12H,1-4,6H2,(H,20,22). The molecule has 7 heteroatoms. The number of carbonyl (C=O) groups is 3. The maximum atomic E-state index is 12.7. The minimum Gasteiger partial charge on any atom is -0.324 e. The van der Waals surface area contributed by atoms with Crippen LogP contribution in [0.2, 0.25) is 5.02 Å². The van der Waals surface area contributed by atoms with Crippen molar-refractivity contribution in [3.8, 4) is 0 Å². The number of amides is 3. The Morgan fingerprint density at radius 1 is 1.04 bits per heavy atom. The summed E-state index contributed by atoms with van der Waals surface area (Å²) >= 11 is 12.3. The van der Waals surface area contributed by atoms with E-state index < -0.39 is 5.38 Å². The van der Waals surface area contributed by atoms with E-state index in [9.17, 15) is 14.4 Å². The zero-order valence-electron chi connectivity index (χ0n) is 12.7. The van der Waals surface area contributed by atoms with E-state index in [4.69, 9.17) is 23.2 Å². The summed E-state index contributed by atoms with van der Waals surface area (Å²) in [5.41, 5.74) is 2.85. The molecule has 0 aromatic heterocycles. The van der Waals surface area contributed by atoms with Crippen molar-refractivity contribution >= 4 is 52.3 Å². The summed E-state index contributed by atoms with van der Waals surface area (Å²) in [6, 6.07) is 3.26. The van der Waals surface area contributed by atoms with Gasteiger partial charge in [-0.25, -0.2) is 4.90 Å². The second kappa shape index (κ2) is 5.60. The minimum atomic E-state index is -0.650. The molecule has 3 amide bonds. The molecule has 24 heavy (non-hydrogen) atoms. The van der Waals surface area contributed by atoms with Crippen LogP contribution in [0.3, 0.4) is 0 Å². The number of anilines is 2. The summed E-state index contributed by atoms with van der Waals surface area (Å²) in [7, 11) is 0. The fraction of sp³-hybridized carbons (Fsp3) is 0.353. The number of hydrogen-bond donors (Lipinski definition) is 1. The van der Waals surface area contributed by atoms with Gasteiger partial charge in [0, 0.05) is 16.8 Å². The first-order valence-electron chi connectivity index (χ1n) is 7.85. The lowest BCUT2D eigenvalue weighted by Crippen LogP contribution is -2.33. The van der Waals surface area contributed by atoms with Crippen molar-refractivity contribution in [3.05, 3.63) is 33.9 Å². The number of benzene rings is 1. The molecule has 4 rings (SSSR count). The van der Waals surface area contributed by atoms with Gasteiger partial charge in [0.1, 0.15) is 5.38 Å². The SMILES string of the molecule is O=C1Nc2cc(N3C(=O)C4=C(CCCC4)C3=O)c(Cl)cc2CC1Cl. The van der Waals surface area contributed by atoms with Gasteiger partial charge in [0.2, 0.25) is 5.91 Å². The zero-order valence-corrected chi connectivity index (χ0v) is 14.2. The molecule has 0 bridgehead atoms. The monoisotopic (exact) mass is 364 g/mol. The van der Waals surface area contributed by atoms with Crippen LogP contribution in [0, 0.1) is 0 Å². The highest BCUT2D eigenvalue weighted by Crippen LogP contribution is 2.41. The van der Waals surface area contributed by atoms with Crippen LogP contribution in [0.15, 0.2) is 23.3 Å². The van der Waals surface area contributed by atoms with Gasteiger partial charge in [-0.15, -0.1) is 11.6 Å². The van der Waals surface area contributed by atoms with Crippen LogP contribution in [0.5, 0.6) is 0 Å². The maximum absolute atomic E-state index is 12.7. The molecule has 5 nitrogen and oxygen atoms in total. The van der Waals surface area contributed by atoms with Crippen molar-refractivity contribution < 1.29 is 14.4 Å². The van der Waals surface area contributed by atoms with Crippen molar-refractivity contribution in [2.24, 2.45) is 0 Å². The van der Waals surface area contributed by atoms with Gasteiger partial charge >= 0.3 is 0 Å². The lowest BCUT2D eigenvalue weighted by molar-refractivity contribution is -0.120. The third kappa shape index (κ3) is 2.26. The van der Waals surface area contributed by atoms with Crippen LogP contribution < -0.4 is 10.2 Å². The Bertz CT molecular complexity index is 803. The molecule has 0 fully saturated rings. The lowest BCUT2D eigenvalue weighted by Gasteiger charge is -2.24. The molecule has 1 N–H and O–H groups in total. The van der Waals surface area contributed by atoms with Crippen LogP contribution in [0.25, 0.3) is 0 Å². The highest BCUT2D eigenvalue weighted by atomic mass is 35.5. The Morgan fingerprint density at radius 2 is 1.67 bits per heavy atom. The Hall–Kier alpha value is -1.85. The largest absolute Gasteiger partial charge is 0.324 e. The summed E-state index contributed by atoms with van der Waals surface area (Å²) in [5, 5.41) is 2.35. The third-order valence-corrected chi connectivity index (χ3v) is 5.40. The number of fused-ring (bicyclic) bond motifs is 1. The topological polar surface area (TPSA) is 66.5 Å². The molecule has 0 spiro atoms. The predicted octanol–water partition coefficient (Wildman–Crippen LogP) is 3.19. The van der Waals surface area contributed by atoms with Crippen molar-refractivity contribution in [1.29, 1.82) is 0 Å². The Balaban J connectivity index is 1.76. The van der Waals surface area contributed by atoms with E-state index in [0.717, 1.165) is 23.3 Å². The van der Waals surface area contributed by atoms with E-state index in [0.29, 0.717) is 46.8 Å². The molecule has 1 unspecified atom stereocenters. The van der Waals surface area contributed by atoms with Crippen LogP contribution >= 0.6 is 23.2 Å². The van der Waals surface area contributed by atoms with E-state index in [-0.39, 0.29) is 17.7 Å². The zero-order chi connectivity index (χ0) is 17.0. The van der Waals surface area contributed by atoms with Gasteiger partial charge in [0.15, 0.2) is 0 Å². The first kappa shape index (κ1) is 15.7.